The summed E-state index contributed by atoms with van der Waals surface area (Å²) in [6, 6.07) is 8.90. The highest BCUT2D eigenvalue weighted by Crippen LogP contribution is 2.35. The van der Waals surface area contributed by atoms with Gasteiger partial charge in [-0.3, -0.25) is 4.79 Å². The minimum absolute atomic E-state index is 0.0812. The van der Waals surface area contributed by atoms with E-state index in [4.69, 9.17) is 0 Å². The van der Waals surface area contributed by atoms with Gasteiger partial charge in [-0.2, -0.15) is 4.57 Å². The Balaban J connectivity index is 2.06. The average Bonchev–Trinajstić information content (AvgIpc) is 2.92. The Bertz CT molecular complexity index is 1020. The van der Waals surface area contributed by atoms with Crippen LogP contribution < -0.4 is 9.67 Å². The first-order chi connectivity index (χ1) is 11.5. The smallest absolute Gasteiger partial charge is 0.230 e. The highest BCUT2D eigenvalue weighted by Gasteiger charge is 2.36. The van der Waals surface area contributed by atoms with E-state index in [-0.39, 0.29) is 5.78 Å². The fourth-order valence-corrected chi connectivity index (χ4v) is 3.61. The molecule has 0 bridgehead atoms. The quantitative estimate of drug-likeness (QED) is 0.574. The molecule has 2 aromatic heterocycles. The summed E-state index contributed by atoms with van der Waals surface area (Å²) in [5.41, 5.74) is 4.99. The third kappa shape index (κ3) is 1.98. The van der Waals surface area contributed by atoms with Crippen molar-refractivity contribution in [3.63, 3.8) is 0 Å². The number of nitrogens with zero attached hydrogens (tertiary/aromatic N) is 1. The first-order valence-corrected chi connectivity index (χ1v) is 7.85. The van der Waals surface area contributed by atoms with E-state index in [2.05, 4.69) is 4.98 Å². The lowest BCUT2D eigenvalue weighted by atomic mass is 9.94. The lowest BCUT2D eigenvalue weighted by Crippen LogP contribution is -2.53. The Morgan fingerprint density at radius 1 is 1.29 bits per heavy atom. The van der Waals surface area contributed by atoms with Gasteiger partial charge in [-0.05, 0) is 31.0 Å². The fraction of sp³-hybridized carbons (Fsp3) is 0.211. The number of nitrogens with one attached hydrogen (secondary N) is 1. The molecule has 3 heterocycles. The van der Waals surface area contributed by atoms with Gasteiger partial charge in [-0.25, -0.2) is 0 Å². The van der Waals surface area contributed by atoms with Gasteiger partial charge in [-0.15, -0.1) is 0 Å². The molecule has 3 aromatic rings. The Morgan fingerprint density at radius 3 is 2.75 bits per heavy atom. The molecule has 5 nitrogen and oxygen atoms in total. The average molecular weight is 320 g/mol. The highest BCUT2D eigenvalue weighted by molar-refractivity contribution is 5.96. The monoisotopic (exact) mass is 320 g/mol. The maximum atomic E-state index is 11.8. The van der Waals surface area contributed by atoms with Crippen LogP contribution in [0, 0.1) is 6.92 Å². The molecule has 4 rings (SSSR count). The minimum Gasteiger partial charge on any atom is -0.543 e. The summed E-state index contributed by atoms with van der Waals surface area (Å²) in [4.78, 5) is 26.9. The number of rotatable bonds is 2. The van der Waals surface area contributed by atoms with Crippen LogP contribution in [0.2, 0.25) is 0 Å². The maximum Gasteiger partial charge on any atom is 0.230 e. The summed E-state index contributed by atoms with van der Waals surface area (Å²) in [6.07, 6.45) is 1.97. The van der Waals surface area contributed by atoms with Gasteiger partial charge < -0.3 is 14.9 Å². The summed E-state index contributed by atoms with van der Waals surface area (Å²) < 4.78 is 1.65. The molecule has 0 aliphatic carbocycles. The number of fused-ring (bicyclic) bond motifs is 5. The van der Waals surface area contributed by atoms with Gasteiger partial charge in [0.25, 0.3) is 0 Å². The second-order valence-electron chi connectivity index (χ2n) is 6.28. The molecule has 120 valence electrons. The van der Waals surface area contributed by atoms with E-state index in [0.717, 1.165) is 33.4 Å². The first kappa shape index (κ1) is 14.6. The minimum atomic E-state index is -1.14. The van der Waals surface area contributed by atoms with Crippen molar-refractivity contribution in [1.82, 2.24) is 4.98 Å². The fourth-order valence-electron chi connectivity index (χ4n) is 3.61. The number of aliphatic carboxylic acids is 1. The van der Waals surface area contributed by atoms with Crippen LogP contribution in [-0.2, 0) is 11.2 Å². The molecule has 0 radical (unpaired) electrons. The molecule has 0 fully saturated rings. The maximum absolute atomic E-state index is 11.8. The number of carboxylic acids is 1. The van der Waals surface area contributed by atoms with Gasteiger partial charge in [0, 0.05) is 23.4 Å². The zero-order valence-electron chi connectivity index (χ0n) is 13.4. The number of Topliss-reactive ketones (excluding diaryl/α,β-unsaturated/α-hetero) is 1. The van der Waals surface area contributed by atoms with Crippen LogP contribution in [0.5, 0.6) is 0 Å². The number of carbonyl (C=O) groups excluding carboxylic acids is 2. The number of para-hydroxylation sites is 1. The molecule has 1 aromatic carbocycles. The van der Waals surface area contributed by atoms with Gasteiger partial charge in [0.2, 0.25) is 11.7 Å². The number of aromatic amines is 1. The number of pyridine rings is 1. The topological polar surface area (TPSA) is 76.9 Å². The summed E-state index contributed by atoms with van der Waals surface area (Å²) in [6.45, 7) is 3.35. The number of aryl methyl sites for hydroxylation is 1. The number of benzene rings is 1. The summed E-state index contributed by atoms with van der Waals surface area (Å²) in [5.74, 6) is -1.22. The second kappa shape index (κ2) is 5.03. The lowest BCUT2D eigenvalue weighted by molar-refractivity contribution is -0.707. The third-order valence-corrected chi connectivity index (χ3v) is 4.78. The van der Waals surface area contributed by atoms with Crippen molar-refractivity contribution in [1.29, 1.82) is 0 Å². The van der Waals surface area contributed by atoms with E-state index in [9.17, 15) is 14.7 Å². The molecule has 0 spiro atoms. The summed E-state index contributed by atoms with van der Waals surface area (Å²) >= 11 is 0. The number of aromatic nitrogens is 2. The summed E-state index contributed by atoms with van der Waals surface area (Å²) in [7, 11) is 0. The highest BCUT2D eigenvalue weighted by atomic mass is 16.4. The predicted octanol–water partition coefficient (Wildman–Crippen LogP) is 1.48. The molecule has 1 atom stereocenters. The molecular weight excluding hydrogens is 304 g/mol. The van der Waals surface area contributed by atoms with E-state index in [1.54, 1.807) is 10.8 Å². The van der Waals surface area contributed by atoms with Crippen LogP contribution in [0.15, 0.2) is 36.5 Å². The van der Waals surface area contributed by atoms with Crippen molar-refractivity contribution in [3.05, 3.63) is 53.2 Å². The van der Waals surface area contributed by atoms with E-state index < -0.39 is 12.0 Å². The molecule has 24 heavy (non-hydrogen) atoms. The number of hydrogen-bond donors (Lipinski definition) is 1. The molecule has 0 saturated carbocycles. The van der Waals surface area contributed by atoms with E-state index in [0.29, 0.717) is 12.0 Å². The van der Waals surface area contributed by atoms with Crippen LogP contribution >= 0.6 is 0 Å². The van der Waals surface area contributed by atoms with E-state index >= 15 is 0 Å². The van der Waals surface area contributed by atoms with Gasteiger partial charge in [0.1, 0.15) is 11.7 Å². The lowest BCUT2D eigenvalue weighted by Gasteiger charge is -2.22. The molecule has 1 aliphatic heterocycles. The SMILES string of the molecule is CC(=O)c1c[n+]2c(cc1C)-c1[nH]c3ccccc3c1C[C@@H]2C(=O)[O-]. The molecular formula is C19H16N2O3. The van der Waals surface area contributed by atoms with Crippen molar-refractivity contribution >= 4 is 22.7 Å². The van der Waals surface area contributed by atoms with Crippen LogP contribution in [0.1, 0.15) is 34.5 Å². The number of carboxylic acid groups (broad SMARTS) is 1. The Hall–Kier alpha value is -2.95. The predicted molar refractivity (Wildman–Crippen MR) is 86.4 cm³/mol. The Morgan fingerprint density at radius 2 is 2.04 bits per heavy atom. The number of hydrogen-bond acceptors (Lipinski definition) is 3. The molecule has 1 N–H and O–H groups in total. The zero-order chi connectivity index (χ0) is 17.0. The third-order valence-electron chi connectivity index (χ3n) is 4.78. The number of ketones is 1. The van der Waals surface area contributed by atoms with Crippen LogP contribution in [0.4, 0.5) is 0 Å². The van der Waals surface area contributed by atoms with Gasteiger partial charge in [-0.1, -0.05) is 18.2 Å². The molecule has 1 aliphatic rings. The van der Waals surface area contributed by atoms with Crippen molar-refractivity contribution in [2.75, 3.05) is 0 Å². The Kier molecular flexibility index (Phi) is 3.06. The van der Waals surface area contributed by atoms with Crippen molar-refractivity contribution in [3.8, 4) is 11.4 Å². The molecule has 0 unspecified atom stereocenters. The first-order valence-electron chi connectivity index (χ1n) is 7.85. The van der Waals surface area contributed by atoms with Crippen LogP contribution in [0.3, 0.4) is 0 Å². The van der Waals surface area contributed by atoms with Gasteiger partial charge >= 0.3 is 0 Å². The normalized spacial score (nSPS) is 15.8. The Labute approximate surface area is 138 Å². The summed E-state index contributed by atoms with van der Waals surface area (Å²) in [5, 5.41) is 12.8. The standard InChI is InChI=1S/C19H16N2O3/c1-10-7-16-18-13(12-5-3-4-6-15(12)20-18)8-17(19(23)24)21(16)9-14(10)11(2)22/h3-7,9,17H,8H2,1-2H3,(H,23,24)/t17-/m1/s1. The zero-order valence-corrected chi connectivity index (χ0v) is 13.4. The second-order valence-corrected chi connectivity index (χ2v) is 6.28. The molecule has 5 heteroatoms. The van der Waals surface area contributed by atoms with Gasteiger partial charge in [0.15, 0.2) is 12.0 Å². The number of H-pyrrole nitrogens is 1. The van der Waals surface area contributed by atoms with E-state index in [1.165, 1.54) is 6.92 Å². The van der Waals surface area contributed by atoms with Crippen molar-refractivity contribution in [2.45, 2.75) is 26.3 Å². The largest absolute Gasteiger partial charge is 0.543 e. The molecule has 0 saturated heterocycles. The van der Waals surface area contributed by atoms with E-state index in [1.807, 2.05) is 37.3 Å². The van der Waals surface area contributed by atoms with Crippen LogP contribution in [0.25, 0.3) is 22.3 Å². The molecule has 0 amide bonds. The van der Waals surface area contributed by atoms with Gasteiger partial charge in [0.05, 0.1) is 5.56 Å². The van der Waals surface area contributed by atoms with Crippen molar-refractivity contribution < 1.29 is 19.3 Å². The number of carbonyl (C=O) groups is 2. The van der Waals surface area contributed by atoms with Crippen molar-refractivity contribution in [2.24, 2.45) is 0 Å². The van der Waals surface area contributed by atoms with Crippen LogP contribution in [-0.4, -0.2) is 16.7 Å².